The van der Waals surface area contributed by atoms with Gasteiger partial charge < -0.3 is 24.7 Å². The highest BCUT2D eigenvalue weighted by atomic mass is 127. The van der Waals surface area contributed by atoms with Crippen molar-refractivity contribution >= 4 is 109 Å². The van der Waals surface area contributed by atoms with E-state index in [1.54, 1.807) is 12.1 Å². The molecule has 112 heavy (non-hydrogen) atoms. The molecule has 0 fully saturated rings. The molecule has 8 heteroatoms. The number of benzene rings is 17. The van der Waals surface area contributed by atoms with Crippen molar-refractivity contribution in [1.82, 2.24) is 0 Å². The number of fused-ring (bicyclic) bond motifs is 20. The molecule has 0 amide bonds. The van der Waals surface area contributed by atoms with E-state index >= 15 is 0 Å². The number of anilines is 9. The van der Waals surface area contributed by atoms with Crippen LogP contribution in [-0.4, -0.2) is 17.2 Å². The largest absolute Gasteiger partial charge is 0.488 e. The molecule has 0 aromatic heterocycles. The third kappa shape index (κ3) is 12.2. The maximum atomic E-state index is 9.23. The average molecular weight is 1660 g/mol. The first-order chi connectivity index (χ1) is 55.2. The van der Waals surface area contributed by atoms with E-state index < -0.39 is 12.5 Å². The Hall–Kier alpha value is -12.4. The van der Waals surface area contributed by atoms with Gasteiger partial charge in [0.2, 0.25) is 0 Å². The molecule has 0 aliphatic heterocycles. The van der Waals surface area contributed by atoms with Crippen molar-refractivity contribution in [3.05, 3.63) is 476 Å². The van der Waals surface area contributed by atoms with Crippen molar-refractivity contribution in [2.45, 2.75) is 10.8 Å². The van der Waals surface area contributed by atoms with Crippen molar-refractivity contribution in [2.24, 2.45) is 0 Å². The molecule has 0 unspecified atom stereocenters. The molecule has 4 aliphatic carbocycles. The predicted octanol–water partition coefficient (Wildman–Crippen LogP) is 26.4. The van der Waals surface area contributed by atoms with Crippen LogP contribution in [0.1, 0.15) is 44.5 Å². The van der Waals surface area contributed by atoms with Gasteiger partial charge in [-0.2, -0.15) is 0 Å². The van der Waals surface area contributed by atoms with E-state index in [0.29, 0.717) is 5.46 Å². The van der Waals surface area contributed by atoms with Crippen LogP contribution >= 0.6 is 45.2 Å². The Bertz CT molecular complexity index is 5870. The van der Waals surface area contributed by atoms with Gasteiger partial charge >= 0.3 is 7.12 Å². The number of halogens is 2. The summed E-state index contributed by atoms with van der Waals surface area (Å²) in [6.07, 6.45) is 0. The first-order valence-electron chi connectivity index (χ1n) is 37.9. The minimum atomic E-state index is -1.45. The Morgan fingerprint density at radius 1 is 0.188 bits per heavy atom. The van der Waals surface area contributed by atoms with E-state index in [0.717, 1.165) is 51.2 Å². The van der Waals surface area contributed by atoms with Gasteiger partial charge in [-0.25, -0.2) is 0 Å². The van der Waals surface area contributed by atoms with Crippen molar-refractivity contribution in [2.75, 3.05) is 14.7 Å². The summed E-state index contributed by atoms with van der Waals surface area (Å²) in [5.74, 6) is 0. The van der Waals surface area contributed by atoms with E-state index in [2.05, 4.69) is 400 Å². The van der Waals surface area contributed by atoms with Gasteiger partial charge in [-0.05, 0) is 308 Å². The molecule has 0 atom stereocenters. The predicted molar refractivity (Wildman–Crippen MR) is 482 cm³/mol. The molecule has 2 N–H and O–H groups in total. The topological polar surface area (TPSA) is 50.2 Å². The molecular weight excluding hydrogens is 1590 g/mol. The molecule has 0 heterocycles. The first-order valence-corrected chi connectivity index (χ1v) is 40.0. The zero-order chi connectivity index (χ0) is 75.3. The minimum Gasteiger partial charge on any atom is -0.423 e. The van der Waals surface area contributed by atoms with Crippen molar-refractivity contribution < 1.29 is 10.0 Å². The van der Waals surface area contributed by atoms with Crippen LogP contribution in [0, 0.1) is 7.14 Å². The van der Waals surface area contributed by atoms with Gasteiger partial charge in [0.25, 0.3) is 0 Å². The lowest BCUT2D eigenvalue weighted by Crippen LogP contribution is -2.29. The molecule has 17 aromatic carbocycles. The minimum absolute atomic E-state index is 0.208. The van der Waals surface area contributed by atoms with E-state index in [1.165, 1.54) is 118 Å². The molecule has 0 saturated heterocycles. The highest BCUT2D eigenvalue weighted by Gasteiger charge is 2.53. The van der Waals surface area contributed by atoms with Crippen LogP contribution in [0.15, 0.2) is 425 Å². The Labute approximate surface area is 681 Å². The highest BCUT2D eigenvalue weighted by molar-refractivity contribution is 14.1. The molecule has 17 aromatic rings. The number of hydrogen-bond donors (Lipinski definition) is 2. The fourth-order valence-electron chi connectivity index (χ4n) is 17.8. The van der Waals surface area contributed by atoms with Crippen molar-refractivity contribution in [3.8, 4) is 66.8 Å². The molecule has 0 radical (unpaired) electrons. The maximum absolute atomic E-state index is 9.23. The molecule has 0 saturated carbocycles. The second kappa shape index (κ2) is 29.8. The normalized spacial score (nSPS) is 12.6. The Kier molecular flexibility index (Phi) is 18.6. The van der Waals surface area contributed by atoms with E-state index in [9.17, 15) is 10.0 Å². The smallest absolute Gasteiger partial charge is 0.423 e. The molecule has 5 nitrogen and oxygen atoms in total. The van der Waals surface area contributed by atoms with Crippen LogP contribution < -0.4 is 20.2 Å². The van der Waals surface area contributed by atoms with Crippen LogP contribution in [0.4, 0.5) is 51.2 Å². The summed E-state index contributed by atoms with van der Waals surface area (Å²) in [4.78, 5) is 6.75. The van der Waals surface area contributed by atoms with E-state index in [1.807, 2.05) is 72.8 Å². The van der Waals surface area contributed by atoms with Gasteiger partial charge in [-0.1, -0.05) is 279 Å². The van der Waals surface area contributed by atoms with E-state index in [4.69, 9.17) is 0 Å². The molecule has 532 valence electrons. The third-order valence-corrected chi connectivity index (χ3v) is 23.9. The van der Waals surface area contributed by atoms with Crippen LogP contribution in [-0.2, 0) is 10.8 Å². The summed E-state index contributed by atoms with van der Waals surface area (Å²) in [5.41, 5.74) is 36.1. The maximum Gasteiger partial charge on any atom is 0.488 e. The summed E-state index contributed by atoms with van der Waals surface area (Å²) >= 11 is 4.89. The van der Waals surface area contributed by atoms with E-state index in [-0.39, 0.29) is 5.41 Å². The summed E-state index contributed by atoms with van der Waals surface area (Å²) in [7, 11) is -1.45. The summed E-state index contributed by atoms with van der Waals surface area (Å²) in [6.45, 7) is 0. The van der Waals surface area contributed by atoms with Crippen molar-refractivity contribution in [1.29, 1.82) is 0 Å². The van der Waals surface area contributed by atoms with Crippen LogP contribution in [0.2, 0.25) is 0 Å². The number of para-hydroxylation sites is 6. The van der Waals surface area contributed by atoms with Crippen molar-refractivity contribution in [3.63, 3.8) is 0 Å². The average Bonchev–Trinajstić information content (AvgIpc) is 1.51. The lowest BCUT2D eigenvalue weighted by Gasteiger charge is -2.31. The highest BCUT2D eigenvalue weighted by Crippen LogP contribution is 2.65. The van der Waals surface area contributed by atoms with Crippen LogP contribution in [0.3, 0.4) is 0 Å². The molecule has 0 bridgehead atoms. The lowest BCUT2D eigenvalue weighted by molar-refractivity contribution is 0.426. The van der Waals surface area contributed by atoms with Crippen LogP contribution in [0.5, 0.6) is 0 Å². The van der Waals surface area contributed by atoms with Gasteiger partial charge in [0.1, 0.15) is 0 Å². The third-order valence-electron chi connectivity index (χ3n) is 22.6. The van der Waals surface area contributed by atoms with Gasteiger partial charge in [-0.15, -0.1) is 0 Å². The summed E-state index contributed by atoms with van der Waals surface area (Å²) in [6, 6.07) is 152. The molecule has 4 aliphatic rings. The number of rotatable bonds is 12. The Morgan fingerprint density at radius 2 is 0.393 bits per heavy atom. The van der Waals surface area contributed by atoms with Gasteiger partial charge in [0, 0.05) is 58.3 Å². The number of nitrogens with zero attached hydrogens (tertiary/aromatic N) is 3. The fourth-order valence-corrected chi connectivity index (χ4v) is 18.8. The number of hydrogen-bond acceptors (Lipinski definition) is 5. The standard InChI is InChI=1S/C61H42N2.C25H14I2.C18H16BNO2/c1-5-17-47(18-6-1)62(48-19-7-2-8-20-48)51-35-29-43(30-36-51)45-33-39-55-53-25-13-15-27-57(53)61(59(55)41-45)58-28-16-14-26-54(58)56-40-34-46(42-60(56)61)44-31-37-52(38-32-44)63(49-21-9-3-10-22-49)50-23-11-4-12-24-50;26-15-9-11-19-17-5-1-3-7-21(17)25(23(19)13-15)22-8-4-2-6-18(22)20-12-10-16(27)14-24(20)25;21-19(22)15-11-13-18(14-12-15)20(16-7-3-1-4-8-16)17-9-5-2-6-10-17/h1-42H;1-14H;1-14,21-22H. The SMILES string of the molecule is Ic1ccc2c(c1)C1(c3ccccc3-2)c2ccccc2-c2ccc(I)cc21.OB(O)c1ccc(N(c2ccccc2)c2ccccc2)cc1.c1ccc(N(c2ccccc2)c2ccc(-c3ccc4c(c3)C3(c5ccccc5-4)c4ccccc4-c4ccc(-c5ccc(N(c6ccccc6)c6ccccc6)cc5)cc43)cc2)cc1. The Balaban J connectivity index is 0.000000140. The summed E-state index contributed by atoms with van der Waals surface area (Å²) < 4.78 is 2.57. The monoisotopic (exact) mass is 1660 g/mol. The second-order valence-electron chi connectivity index (χ2n) is 28.7. The van der Waals surface area contributed by atoms with Gasteiger partial charge in [0.05, 0.1) is 10.8 Å². The second-order valence-corrected chi connectivity index (χ2v) is 31.2. The molecular formula is C104H72BI2N3O2. The summed E-state index contributed by atoms with van der Waals surface area (Å²) in [5, 5.41) is 18.5. The molecule has 2 spiro atoms. The lowest BCUT2D eigenvalue weighted by atomic mass is 9.70. The zero-order valence-electron chi connectivity index (χ0n) is 61.0. The zero-order valence-corrected chi connectivity index (χ0v) is 65.3. The van der Waals surface area contributed by atoms with Gasteiger partial charge in [-0.3, -0.25) is 0 Å². The fraction of sp³-hybridized carbons (Fsp3) is 0.0192. The van der Waals surface area contributed by atoms with Gasteiger partial charge in [0.15, 0.2) is 0 Å². The molecule has 21 rings (SSSR count). The quantitative estimate of drug-likeness (QED) is 0.0943. The Morgan fingerprint density at radius 3 is 0.661 bits per heavy atom. The first kappa shape index (κ1) is 70.0. The van der Waals surface area contributed by atoms with Crippen LogP contribution in [0.25, 0.3) is 66.8 Å².